The number of aromatic nitrogens is 4. The summed E-state index contributed by atoms with van der Waals surface area (Å²) in [5.41, 5.74) is 1.59. The van der Waals surface area contributed by atoms with Gasteiger partial charge in [-0.1, -0.05) is 6.07 Å². The highest BCUT2D eigenvalue weighted by Crippen LogP contribution is 2.28. The van der Waals surface area contributed by atoms with Crippen molar-refractivity contribution in [2.75, 3.05) is 0 Å². The molecule has 0 saturated heterocycles. The molecule has 1 N–H and O–H groups in total. The lowest BCUT2D eigenvalue weighted by molar-refractivity contribution is 0.272. The molecular formula is C12H10N4OS. The third-order valence-electron chi connectivity index (χ3n) is 2.50. The molecule has 0 unspecified atom stereocenters. The summed E-state index contributed by atoms with van der Waals surface area (Å²) in [6, 6.07) is 7.55. The minimum absolute atomic E-state index is 0.0569. The van der Waals surface area contributed by atoms with Crippen LogP contribution in [0.5, 0.6) is 0 Å². The molecule has 3 heterocycles. The van der Waals surface area contributed by atoms with Gasteiger partial charge in [-0.2, -0.15) is 0 Å². The Kier molecular flexibility index (Phi) is 2.95. The number of aliphatic hydroxyl groups is 1. The van der Waals surface area contributed by atoms with Gasteiger partial charge in [0.2, 0.25) is 0 Å². The number of hydrogen-bond donors (Lipinski definition) is 1. The van der Waals surface area contributed by atoms with Crippen LogP contribution in [0.25, 0.3) is 5.65 Å². The number of imidazole rings is 1. The maximum atomic E-state index is 9.48. The zero-order chi connectivity index (χ0) is 12.4. The first-order valence-electron chi connectivity index (χ1n) is 5.39. The average Bonchev–Trinajstić information content (AvgIpc) is 2.77. The molecule has 0 saturated carbocycles. The fraction of sp³-hybridized carbons (Fsp3) is 0.0833. The molecule has 3 aromatic heterocycles. The van der Waals surface area contributed by atoms with Gasteiger partial charge < -0.3 is 9.51 Å². The Balaban J connectivity index is 2.06. The first kappa shape index (κ1) is 11.2. The Morgan fingerprint density at radius 1 is 1.28 bits per heavy atom. The van der Waals surface area contributed by atoms with Crippen LogP contribution in [-0.4, -0.2) is 24.5 Å². The second kappa shape index (κ2) is 4.75. The highest BCUT2D eigenvalue weighted by atomic mass is 32.2. The minimum Gasteiger partial charge on any atom is -0.390 e. The second-order valence-electron chi connectivity index (χ2n) is 3.60. The van der Waals surface area contributed by atoms with E-state index in [4.69, 9.17) is 0 Å². The average molecular weight is 258 g/mol. The quantitative estimate of drug-likeness (QED) is 0.725. The molecule has 0 atom stereocenters. The van der Waals surface area contributed by atoms with Gasteiger partial charge in [0.05, 0.1) is 12.3 Å². The summed E-state index contributed by atoms with van der Waals surface area (Å²) in [7, 11) is 0. The van der Waals surface area contributed by atoms with Crippen molar-refractivity contribution in [2.24, 2.45) is 0 Å². The molecule has 0 spiro atoms. The number of fused-ring (bicyclic) bond motifs is 1. The smallest absolute Gasteiger partial charge is 0.138 e. The fourth-order valence-corrected chi connectivity index (χ4v) is 2.54. The Hall–Kier alpha value is -1.92. The third-order valence-corrected chi connectivity index (χ3v) is 3.47. The molecule has 18 heavy (non-hydrogen) atoms. The second-order valence-corrected chi connectivity index (χ2v) is 4.61. The maximum Gasteiger partial charge on any atom is 0.138 e. The first-order chi connectivity index (χ1) is 8.88. The molecule has 0 aliphatic heterocycles. The molecule has 3 rings (SSSR count). The van der Waals surface area contributed by atoms with Crippen LogP contribution in [0.4, 0.5) is 0 Å². The van der Waals surface area contributed by atoms with Crippen molar-refractivity contribution in [1.82, 2.24) is 19.4 Å². The molecule has 0 aliphatic rings. The van der Waals surface area contributed by atoms with E-state index in [0.29, 0.717) is 0 Å². The number of nitrogens with zero attached hydrogens (tertiary/aromatic N) is 4. The minimum atomic E-state index is -0.0569. The van der Waals surface area contributed by atoms with Crippen molar-refractivity contribution in [3.63, 3.8) is 0 Å². The van der Waals surface area contributed by atoms with Crippen LogP contribution < -0.4 is 0 Å². The molecule has 3 aromatic rings. The maximum absolute atomic E-state index is 9.48. The zero-order valence-corrected chi connectivity index (χ0v) is 10.2. The predicted octanol–water partition coefficient (Wildman–Crippen LogP) is 1.77. The van der Waals surface area contributed by atoms with Gasteiger partial charge in [0.15, 0.2) is 0 Å². The lowest BCUT2D eigenvalue weighted by atomic mass is 10.4. The molecule has 0 aliphatic carbocycles. The highest BCUT2D eigenvalue weighted by molar-refractivity contribution is 7.99. The molecule has 0 aromatic carbocycles. The summed E-state index contributed by atoms with van der Waals surface area (Å²) in [6.07, 6.45) is 5.07. The lowest BCUT2D eigenvalue weighted by Crippen LogP contribution is -1.92. The number of rotatable bonds is 3. The van der Waals surface area contributed by atoms with Crippen LogP contribution in [0.2, 0.25) is 0 Å². The molecule has 0 bridgehead atoms. The van der Waals surface area contributed by atoms with E-state index in [9.17, 15) is 5.11 Å². The molecule has 5 nitrogen and oxygen atoms in total. The molecule has 0 amide bonds. The van der Waals surface area contributed by atoms with Gasteiger partial charge in [-0.15, -0.1) is 0 Å². The van der Waals surface area contributed by atoms with Crippen LogP contribution in [0.1, 0.15) is 5.69 Å². The Morgan fingerprint density at radius 2 is 2.22 bits per heavy atom. The van der Waals surface area contributed by atoms with Gasteiger partial charge in [-0.3, -0.25) is 0 Å². The molecule has 0 fully saturated rings. The predicted molar refractivity (Wildman–Crippen MR) is 67.3 cm³/mol. The standard InChI is InChI=1S/C12H10N4OS/c17-7-9-12(18-11-4-5-13-8-14-11)15-10-3-1-2-6-16(9)10/h1-6,8,17H,7H2. The number of hydrogen-bond acceptors (Lipinski definition) is 5. The summed E-state index contributed by atoms with van der Waals surface area (Å²) in [4.78, 5) is 12.5. The van der Waals surface area contributed by atoms with E-state index in [1.165, 1.54) is 18.1 Å². The third kappa shape index (κ3) is 1.96. The Morgan fingerprint density at radius 3 is 3.00 bits per heavy atom. The van der Waals surface area contributed by atoms with E-state index >= 15 is 0 Å². The van der Waals surface area contributed by atoms with Crippen LogP contribution in [0.15, 0.2) is 53.0 Å². The van der Waals surface area contributed by atoms with Gasteiger partial charge >= 0.3 is 0 Å². The zero-order valence-electron chi connectivity index (χ0n) is 9.39. The highest BCUT2D eigenvalue weighted by Gasteiger charge is 2.12. The van der Waals surface area contributed by atoms with E-state index in [0.717, 1.165) is 21.4 Å². The van der Waals surface area contributed by atoms with E-state index < -0.39 is 0 Å². The van der Waals surface area contributed by atoms with E-state index in [1.54, 1.807) is 6.20 Å². The van der Waals surface area contributed by atoms with E-state index in [1.807, 2.05) is 34.9 Å². The van der Waals surface area contributed by atoms with E-state index in [2.05, 4.69) is 15.0 Å². The van der Waals surface area contributed by atoms with Crippen LogP contribution in [0, 0.1) is 0 Å². The molecular weight excluding hydrogens is 248 g/mol. The first-order valence-corrected chi connectivity index (χ1v) is 6.21. The summed E-state index contributed by atoms with van der Waals surface area (Å²) in [6.45, 7) is -0.0569. The van der Waals surface area contributed by atoms with Crippen molar-refractivity contribution in [1.29, 1.82) is 0 Å². The monoisotopic (exact) mass is 258 g/mol. The summed E-state index contributed by atoms with van der Waals surface area (Å²) in [5.74, 6) is 0. The Labute approximate surface area is 108 Å². The van der Waals surface area contributed by atoms with Gasteiger partial charge in [0.1, 0.15) is 22.0 Å². The van der Waals surface area contributed by atoms with Crippen molar-refractivity contribution in [3.05, 3.63) is 48.7 Å². The van der Waals surface area contributed by atoms with Gasteiger partial charge in [-0.05, 0) is 30.0 Å². The topological polar surface area (TPSA) is 63.3 Å². The molecule has 0 radical (unpaired) electrons. The Bertz CT molecular complexity index is 668. The number of pyridine rings is 1. The van der Waals surface area contributed by atoms with Crippen molar-refractivity contribution >= 4 is 17.4 Å². The molecule has 6 heteroatoms. The van der Waals surface area contributed by atoms with Crippen LogP contribution in [-0.2, 0) is 6.61 Å². The summed E-state index contributed by atoms with van der Waals surface area (Å²) < 4.78 is 1.88. The fourth-order valence-electron chi connectivity index (χ4n) is 1.69. The number of aliphatic hydroxyl groups excluding tert-OH is 1. The SMILES string of the molecule is OCc1c(Sc2ccncn2)nc2ccccn12. The van der Waals surface area contributed by atoms with E-state index in [-0.39, 0.29) is 6.61 Å². The van der Waals surface area contributed by atoms with Gasteiger partial charge in [-0.25, -0.2) is 15.0 Å². The summed E-state index contributed by atoms with van der Waals surface area (Å²) in [5, 5.41) is 11.1. The van der Waals surface area contributed by atoms with Crippen molar-refractivity contribution in [2.45, 2.75) is 16.7 Å². The van der Waals surface area contributed by atoms with Gasteiger partial charge in [0, 0.05) is 12.4 Å². The lowest BCUT2D eigenvalue weighted by Gasteiger charge is -2.00. The van der Waals surface area contributed by atoms with Crippen LogP contribution in [0.3, 0.4) is 0 Å². The van der Waals surface area contributed by atoms with Gasteiger partial charge in [0.25, 0.3) is 0 Å². The largest absolute Gasteiger partial charge is 0.390 e. The summed E-state index contributed by atoms with van der Waals surface area (Å²) >= 11 is 1.42. The van der Waals surface area contributed by atoms with Crippen LogP contribution >= 0.6 is 11.8 Å². The van der Waals surface area contributed by atoms with Crippen molar-refractivity contribution in [3.8, 4) is 0 Å². The normalized spacial score (nSPS) is 10.9. The molecule has 90 valence electrons. The van der Waals surface area contributed by atoms with Crippen molar-refractivity contribution < 1.29 is 5.11 Å².